The van der Waals surface area contributed by atoms with Gasteiger partial charge in [0, 0.05) is 12.3 Å². The van der Waals surface area contributed by atoms with Crippen LogP contribution in [0.5, 0.6) is 0 Å². The number of aryl methyl sites for hydroxylation is 2. The third kappa shape index (κ3) is 4.30. The van der Waals surface area contributed by atoms with E-state index in [4.69, 9.17) is 0 Å². The topological polar surface area (TPSA) is 105 Å². The van der Waals surface area contributed by atoms with Crippen molar-refractivity contribution in [2.24, 2.45) is 0 Å². The van der Waals surface area contributed by atoms with Crippen LogP contribution < -0.4 is 0 Å². The van der Waals surface area contributed by atoms with Crippen LogP contribution in [-0.4, -0.2) is 34.5 Å². The Morgan fingerprint density at radius 3 is 2.60 bits per heavy atom. The maximum Gasteiger partial charge on any atom is 0.343 e. The van der Waals surface area contributed by atoms with Crippen LogP contribution in [0.3, 0.4) is 0 Å². The van der Waals surface area contributed by atoms with Crippen molar-refractivity contribution >= 4 is 18.0 Å². The van der Waals surface area contributed by atoms with Gasteiger partial charge in [0.1, 0.15) is 18.4 Å². The SMILES string of the molecule is Cc1ccc(/C=C/c2ncc([N+](=O)[O-])n2CCn2cc(-c3ccccn3)nn2)cc1. The molecule has 0 aliphatic heterocycles. The lowest BCUT2D eigenvalue weighted by molar-refractivity contribution is -0.392. The highest BCUT2D eigenvalue weighted by molar-refractivity contribution is 5.67. The lowest BCUT2D eigenvalue weighted by atomic mass is 10.1. The highest BCUT2D eigenvalue weighted by Gasteiger charge is 2.19. The van der Waals surface area contributed by atoms with Crippen molar-refractivity contribution in [1.29, 1.82) is 0 Å². The van der Waals surface area contributed by atoms with Crippen LogP contribution in [0.15, 0.2) is 61.1 Å². The number of rotatable bonds is 7. The zero-order chi connectivity index (χ0) is 20.9. The van der Waals surface area contributed by atoms with Crippen molar-refractivity contribution in [3.63, 3.8) is 0 Å². The maximum atomic E-state index is 11.4. The Hall–Kier alpha value is -4.14. The number of pyridine rings is 1. The molecular formula is C21H19N7O2. The van der Waals surface area contributed by atoms with E-state index in [-0.39, 0.29) is 5.82 Å². The van der Waals surface area contributed by atoms with E-state index in [0.29, 0.717) is 24.6 Å². The van der Waals surface area contributed by atoms with Crippen molar-refractivity contribution in [1.82, 2.24) is 29.5 Å². The van der Waals surface area contributed by atoms with Crippen LogP contribution >= 0.6 is 0 Å². The Kier molecular flexibility index (Phi) is 5.42. The van der Waals surface area contributed by atoms with Gasteiger partial charge in [-0.05, 0) is 35.6 Å². The second-order valence-corrected chi connectivity index (χ2v) is 6.71. The predicted molar refractivity (Wildman–Crippen MR) is 112 cm³/mol. The molecule has 0 aliphatic carbocycles. The Morgan fingerprint density at radius 2 is 1.87 bits per heavy atom. The molecule has 0 amide bonds. The lowest BCUT2D eigenvalue weighted by Gasteiger charge is -2.03. The summed E-state index contributed by atoms with van der Waals surface area (Å²) in [6, 6.07) is 13.6. The standard InChI is InChI=1S/C21H19N7O2/c1-16-5-7-17(8-6-16)9-10-20-23-14-21(28(29)30)27(20)13-12-26-15-19(24-25-26)18-4-2-3-11-22-18/h2-11,14-15H,12-13H2,1H3/b10-9+. The van der Waals surface area contributed by atoms with Crippen molar-refractivity contribution < 1.29 is 4.92 Å². The molecule has 0 fully saturated rings. The molecule has 0 atom stereocenters. The number of benzene rings is 1. The summed E-state index contributed by atoms with van der Waals surface area (Å²) < 4.78 is 3.20. The zero-order valence-electron chi connectivity index (χ0n) is 16.3. The first kappa shape index (κ1) is 19.2. The van der Waals surface area contributed by atoms with E-state index in [1.807, 2.05) is 55.5 Å². The van der Waals surface area contributed by atoms with E-state index in [0.717, 1.165) is 11.3 Å². The molecule has 9 nitrogen and oxygen atoms in total. The summed E-state index contributed by atoms with van der Waals surface area (Å²) in [4.78, 5) is 19.5. The van der Waals surface area contributed by atoms with E-state index in [9.17, 15) is 10.1 Å². The van der Waals surface area contributed by atoms with Gasteiger partial charge in [-0.15, -0.1) is 5.10 Å². The average Bonchev–Trinajstić information content (AvgIpc) is 3.39. The molecule has 3 aromatic heterocycles. The summed E-state index contributed by atoms with van der Waals surface area (Å²) in [5.41, 5.74) is 3.53. The van der Waals surface area contributed by atoms with E-state index < -0.39 is 4.92 Å². The Bertz CT molecular complexity index is 1180. The second-order valence-electron chi connectivity index (χ2n) is 6.71. The summed E-state index contributed by atoms with van der Waals surface area (Å²) in [6.07, 6.45) is 8.40. The second kappa shape index (κ2) is 8.48. The van der Waals surface area contributed by atoms with Crippen molar-refractivity contribution in [2.75, 3.05) is 0 Å². The molecule has 0 unspecified atom stereocenters. The van der Waals surface area contributed by atoms with Gasteiger partial charge < -0.3 is 10.1 Å². The van der Waals surface area contributed by atoms with E-state index in [2.05, 4.69) is 20.3 Å². The molecule has 0 saturated carbocycles. The van der Waals surface area contributed by atoms with Gasteiger partial charge in [-0.1, -0.05) is 41.1 Å². The van der Waals surface area contributed by atoms with Gasteiger partial charge in [-0.3, -0.25) is 4.98 Å². The fourth-order valence-electron chi connectivity index (χ4n) is 2.98. The summed E-state index contributed by atoms with van der Waals surface area (Å²) >= 11 is 0. The first-order valence-corrected chi connectivity index (χ1v) is 9.36. The normalized spacial score (nSPS) is 11.2. The molecular weight excluding hydrogens is 382 g/mol. The zero-order valence-corrected chi connectivity index (χ0v) is 16.3. The number of hydrogen-bond acceptors (Lipinski definition) is 6. The third-order valence-corrected chi connectivity index (χ3v) is 4.57. The van der Waals surface area contributed by atoms with Gasteiger partial charge in [0.25, 0.3) is 0 Å². The summed E-state index contributed by atoms with van der Waals surface area (Å²) in [5.74, 6) is 0.441. The molecule has 30 heavy (non-hydrogen) atoms. The predicted octanol–water partition coefficient (Wildman–Crippen LogP) is 3.62. The highest BCUT2D eigenvalue weighted by atomic mass is 16.6. The Labute approximate surface area is 172 Å². The minimum Gasteiger partial charge on any atom is -0.358 e. The molecule has 0 saturated heterocycles. The lowest BCUT2D eigenvalue weighted by Crippen LogP contribution is -2.11. The Morgan fingerprint density at radius 1 is 1.03 bits per heavy atom. The minimum absolute atomic E-state index is 0.0661. The highest BCUT2D eigenvalue weighted by Crippen LogP contribution is 2.18. The van der Waals surface area contributed by atoms with Gasteiger partial charge in [0.05, 0.1) is 18.4 Å². The molecule has 0 bridgehead atoms. The number of aromatic nitrogens is 6. The molecule has 4 rings (SSSR count). The first-order valence-electron chi connectivity index (χ1n) is 9.36. The van der Waals surface area contributed by atoms with Crippen LogP contribution in [0.4, 0.5) is 5.82 Å². The molecule has 3 heterocycles. The average molecular weight is 401 g/mol. The van der Waals surface area contributed by atoms with Crippen LogP contribution in [0, 0.1) is 17.0 Å². The molecule has 0 spiro atoms. The van der Waals surface area contributed by atoms with Crippen molar-refractivity contribution in [3.8, 4) is 11.4 Å². The van der Waals surface area contributed by atoms with Gasteiger partial charge in [-0.25, -0.2) is 14.2 Å². The van der Waals surface area contributed by atoms with E-state index in [1.165, 1.54) is 11.8 Å². The molecule has 9 heteroatoms. The fraction of sp³-hybridized carbons (Fsp3) is 0.143. The molecule has 0 N–H and O–H groups in total. The van der Waals surface area contributed by atoms with Gasteiger partial charge >= 0.3 is 5.82 Å². The summed E-state index contributed by atoms with van der Waals surface area (Å²) in [5, 5.41) is 19.7. The number of nitro groups is 1. The van der Waals surface area contributed by atoms with E-state index >= 15 is 0 Å². The number of hydrogen-bond donors (Lipinski definition) is 0. The minimum atomic E-state index is -0.434. The van der Waals surface area contributed by atoms with Crippen LogP contribution in [-0.2, 0) is 13.1 Å². The third-order valence-electron chi connectivity index (χ3n) is 4.57. The first-order chi connectivity index (χ1) is 14.6. The largest absolute Gasteiger partial charge is 0.358 e. The quantitative estimate of drug-likeness (QED) is 0.346. The maximum absolute atomic E-state index is 11.4. The number of nitrogens with zero attached hydrogens (tertiary/aromatic N) is 7. The molecule has 4 aromatic rings. The molecule has 1 aromatic carbocycles. The van der Waals surface area contributed by atoms with Gasteiger partial charge in [0.15, 0.2) is 0 Å². The molecule has 0 radical (unpaired) electrons. The monoisotopic (exact) mass is 401 g/mol. The smallest absolute Gasteiger partial charge is 0.343 e. The van der Waals surface area contributed by atoms with Crippen LogP contribution in [0.2, 0.25) is 0 Å². The van der Waals surface area contributed by atoms with Gasteiger partial charge in [0.2, 0.25) is 5.82 Å². The number of imidazole rings is 1. The van der Waals surface area contributed by atoms with Crippen LogP contribution in [0.1, 0.15) is 17.0 Å². The van der Waals surface area contributed by atoms with Gasteiger partial charge in [-0.2, -0.15) is 0 Å². The summed E-state index contributed by atoms with van der Waals surface area (Å²) in [6.45, 7) is 2.75. The molecule has 0 aliphatic rings. The summed E-state index contributed by atoms with van der Waals surface area (Å²) in [7, 11) is 0. The van der Waals surface area contributed by atoms with Crippen molar-refractivity contribution in [3.05, 3.63) is 88.1 Å². The Balaban J connectivity index is 1.53. The van der Waals surface area contributed by atoms with Crippen molar-refractivity contribution in [2.45, 2.75) is 20.0 Å². The van der Waals surface area contributed by atoms with Crippen LogP contribution in [0.25, 0.3) is 23.5 Å². The fourth-order valence-corrected chi connectivity index (χ4v) is 2.98. The van der Waals surface area contributed by atoms with E-state index in [1.54, 1.807) is 27.7 Å². The molecule has 150 valence electrons.